The molecule has 0 aromatic heterocycles. The average molecular weight is 245 g/mol. The third-order valence-electron chi connectivity index (χ3n) is 2.62. The minimum Gasteiger partial charge on any atom is -0.385 e. The van der Waals surface area contributed by atoms with Crippen LogP contribution in [0.5, 0.6) is 0 Å². The highest BCUT2D eigenvalue weighted by atomic mass is 32.1. The molecule has 0 bridgehead atoms. The van der Waals surface area contributed by atoms with E-state index >= 15 is 0 Å². The molecule has 0 aliphatic carbocycles. The fraction of sp³-hybridized carbons (Fsp3) is 0.273. The van der Waals surface area contributed by atoms with Crippen LogP contribution in [0, 0.1) is 6.92 Å². The van der Waals surface area contributed by atoms with Crippen molar-refractivity contribution in [2.24, 2.45) is 0 Å². The third-order valence-corrected chi connectivity index (χ3v) is 3.67. The van der Waals surface area contributed by atoms with Crippen LogP contribution < -0.4 is 16.2 Å². The standard InChI is InChI=1S/C11H13B2NS2/c1-4-14-6(3)7-8(12)5(2)10(15)9(13)11(7)16/h4,6,14-16H,1H2,2-3H3. The van der Waals surface area contributed by atoms with Crippen LogP contribution in [0.15, 0.2) is 22.6 Å². The predicted molar refractivity (Wildman–Crippen MR) is 78.2 cm³/mol. The molecule has 0 heterocycles. The Labute approximate surface area is 111 Å². The van der Waals surface area contributed by atoms with E-state index in [9.17, 15) is 0 Å². The molecular weight excluding hydrogens is 232 g/mol. The molecule has 1 N–H and O–H groups in total. The average Bonchev–Trinajstić information content (AvgIpc) is 2.24. The van der Waals surface area contributed by atoms with Gasteiger partial charge in [0.05, 0.1) is 0 Å². The number of hydrogen-bond donors (Lipinski definition) is 3. The van der Waals surface area contributed by atoms with Crippen LogP contribution in [0.1, 0.15) is 24.1 Å². The van der Waals surface area contributed by atoms with Gasteiger partial charge in [-0.25, -0.2) is 0 Å². The molecule has 0 aliphatic heterocycles. The Morgan fingerprint density at radius 1 is 1.25 bits per heavy atom. The first-order valence-corrected chi connectivity index (χ1v) is 5.77. The van der Waals surface area contributed by atoms with E-state index < -0.39 is 0 Å². The molecule has 1 aromatic rings. The molecule has 1 aromatic carbocycles. The van der Waals surface area contributed by atoms with Gasteiger partial charge < -0.3 is 5.32 Å². The van der Waals surface area contributed by atoms with Gasteiger partial charge in [-0.1, -0.05) is 17.5 Å². The smallest absolute Gasteiger partial charge is 0.116 e. The SMILES string of the molecule is [B]c1c(S)c(C)c([B])c(C(C)NC=C)c1S. The first kappa shape index (κ1) is 13.7. The Kier molecular flexibility index (Phi) is 4.51. The molecule has 5 heteroatoms. The van der Waals surface area contributed by atoms with Gasteiger partial charge in [0.1, 0.15) is 15.7 Å². The summed E-state index contributed by atoms with van der Waals surface area (Å²) in [6, 6.07) is 0.0138. The van der Waals surface area contributed by atoms with Gasteiger partial charge in [-0.05, 0) is 31.2 Å². The van der Waals surface area contributed by atoms with Crippen LogP contribution in [-0.2, 0) is 0 Å². The van der Waals surface area contributed by atoms with Crippen LogP contribution in [-0.4, -0.2) is 15.7 Å². The van der Waals surface area contributed by atoms with Gasteiger partial charge in [0.2, 0.25) is 0 Å². The highest BCUT2D eigenvalue weighted by Crippen LogP contribution is 2.22. The lowest BCUT2D eigenvalue weighted by Crippen LogP contribution is -2.29. The van der Waals surface area contributed by atoms with Crippen molar-refractivity contribution in [3.63, 3.8) is 0 Å². The highest BCUT2D eigenvalue weighted by molar-refractivity contribution is 7.81. The molecular formula is C11H13B2NS2. The van der Waals surface area contributed by atoms with E-state index in [-0.39, 0.29) is 6.04 Å². The summed E-state index contributed by atoms with van der Waals surface area (Å²) in [6.07, 6.45) is 1.62. The van der Waals surface area contributed by atoms with Gasteiger partial charge >= 0.3 is 0 Å². The largest absolute Gasteiger partial charge is 0.385 e. The topological polar surface area (TPSA) is 12.0 Å². The lowest BCUT2D eigenvalue weighted by molar-refractivity contribution is 0.679. The van der Waals surface area contributed by atoms with Crippen LogP contribution in [0.3, 0.4) is 0 Å². The molecule has 0 fully saturated rings. The molecule has 0 spiro atoms. The Hall–Kier alpha value is -0.410. The minimum absolute atomic E-state index is 0.0138. The van der Waals surface area contributed by atoms with Crippen molar-refractivity contribution in [2.45, 2.75) is 29.7 Å². The summed E-state index contributed by atoms with van der Waals surface area (Å²) in [5.41, 5.74) is 3.00. The van der Waals surface area contributed by atoms with E-state index in [4.69, 9.17) is 15.7 Å². The second-order valence-electron chi connectivity index (χ2n) is 3.66. The summed E-state index contributed by atoms with van der Waals surface area (Å²) in [4.78, 5) is 1.37. The number of benzene rings is 1. The molecule has 1 atom stereocenters. The van der Waals surface area contributed by atoms with Crippen LogP contribution in [0.25, 0.3) is 0 Å². The molecule has 4 radical (unpaired) electrons. The lowest BCUT2D eigenvalue weighted by atomic mass is 9.79. The highest BCUT2D eigenvalue weighted by Gasteiger charge is 2.16. The summed E-state index contributed by atoms with van der Waals surface area (Å²) in [6.45, 7) is 7.50. The van der Waals surface area contributed by atoms with Crippen molar-refractivity contribution in [1.29, 1.82) is 0 Å². The van der Waals surface area contributed by atoms with E-state index in [1.165, 1.54) is 0 Å². The molecule has 1 rings (SSSR count). The van der Waals surface area contributed by atoms with Crippen molar-refractivity contribution in [1.82, 2.24) is 5.32 Å². The molecule has 80 valence electrons. The third kappa shape index (κ3) is 2.30. The fourth-order valence-electron chi connectivity index (χ4n) is 1.61. The molecule has 1 nitrogen and oxygen atoms in total. The van der Waals surface area contributed by atoms with Crippen molar-refractivity contribution < 1.29 is 0 Å². The predicted octanol–water partition coefficient (Wildman–Crippen LogP) is 0.954. The Bertz CT molecular complexity index is 403. The molecule has 16 heavy (non-hydrogen) atoms. The zero-order valence-electron chi connectivity index (χ0n) is 9.41. The molecule has 1 unspecified atom stereocenters. The second kappa shape index (κ2) is 5.28. The zero-order chi connectivity index (χ0) is 12.5. The molecule has 0 aliphatic rings. The zero-order valence-corrected chi connectivity index (χ0v) is 11.2. The summed E-state index contributed by atoms with van der Waals surface area (Å²) in [5, 5.41) is 3.07. The normalized spacial score (nSPS) is 12.2. The maximum absolute atomic E-state index is 6.06. The van der Waals surface area contributed by atoms with Gasteiger partial charge in [-0.2, -0.15) is 0 Å². The Morgan fingerprint density at radius 2 is 1.81 bits per heavy atom. The van der Waals surface area contributed by atoms with Gasteiger partial charge in [0.25, 0.3) is 0 Å². The second-order valence-corrected chi connectivity index (χ2v) is 4.55. The minimum atomic E-state index is 0.0138. The van der Waals surface area contributed by atoms with Crippen molar-refractivity contribution in [2.75, 3.05) is 0 Å². The van der Waals surface area contributed by atoms with E-state index in [2.05, 4.69) is 37.2 Å². The maximum Gasteiger partial charge on any atom is 0.116 e. The number of hydrogen-bond acceptors (Lipinski definition) is 3. The van der Waals surface area contributed by atoms with Gasteiger partial charge in [-0.3, -0.25) is 0 Å². The van der Waals surface area contributed by atoms with E-state index in [1.54, 1.807) is 6.20 Å². The van der Waals surface area contributed by atoms with Gasteiger partial charge in [0, 0.05) is 15.8 Å². The molecule has 0 saturated heterocycles. The summed E-state index contributed by atoms with van der Waals surface area (Å²) in [5.74, 6) is 0. The van der Waals surface area contributed by atoms with Crippen LogP contribution in [0.4, 0.5) is 0 Å². The van der Waals surface area contributed by atoms with Crippen LogP contribution >= 0.6 is 25.3 Å². The fourth-order valence-corrected chi connectivity index (χ4v) is 2.36. The van der Waals surface area contributed by atoms with Crippen molar-refractivity contribution >= 4 is 51.9 Å². The summed E-state index contributed by atoms with van der Waals surface area (Å²) >= 11 is 8.73. The maximum atomic E-state index is 6.06. The first-order valence-electron chi connectivity index (χ1n) is 4.88. The molecule has 0 amide bonds. The number of thiol groups is 2. The van der Waals surface area contributed by atoms with E-state index in [0.29, 0.717) is 20.7 Å². The van der Waals surface area contributed by atoms with Crippen LogP contribution in [0.2, 0.25) is 0 Å². The van der Waals surface area contributed by atoms with E-state index in [1.807, 2.05) is 13.8 Å². The quantitative estimate of drug-likeness (QED) is 0.532. The summed E-state index contributed by atoms with van der Waals surface area (Å²) in [7, 11) is 12.0. The van der Waals surface area contributed by atoms with Crippen molar-refractivity contribution in [3.05, 3.63) is 23.9 Å². The Balaban J connectivity index is 3.44. The van der Waals surface area contributed by atoms with Crippen molar-refractivity contribution in [3.8, 4) is 0 Å². The Morgan fingerprint density at radius 3 is 2.31 bits per heavy atom. The van der Waals surface area contributed by atoms with E-state index in [0.717, 1.165) is 11.1 Å². The number of nitrogens with one attached hydrogen (secondary N) is 1. The number of rotatable bonds is 3. The molecule has 0 saturated carbocycles. The first-order chi connectivity index (χ1) is 7.41. The monoisotopic (exact) mass is 245 g/mol. The van der Waals surface area contributed by atoms with Gasteiger partial charge in [-0.15, -0.1) is 25.3 Å². The lowest BCUT2D eigenvalue weighted by Gasteiger charge is -2.23. The summed E-state index contributed by atoms with van der Waals surface area (Å²) < 4.78 is 0. The van der Waals surface area contributed by atoms with Gasteiger partial charge in [0.15, 0.2) is 0 Å².